The molecule has 1 aromatic carbocycles. The molecule has 2 N–H and O–H groups in total. The average molecular weight is 283 g/mol. The normalized spacial score (nSPS) is 11.4. The number of alkyl halides is 3. The van der Waals surface area contributed by atoms with E-state index in [2.05, 4.69) is 14.7 Å². The maximum Gasteiger partial charge on any atom is 0.573 e. The van der Waals surface area contributed by atoms with Crippen molar-refractivity contribution in [1.29, 1.82) is 0 Å². The molecule has 0 aliphatic rings. The van der Waals surface area contributed by atoms with Crippen LogP contribution < -0.4 is 10.5 Å². The highest BCUT2D eigenvalue weighted by molar-refractivity contribution is 5.59. The number of nitrogens with zero attached hydrogens (tertiary/aromatic N) is 2. The van der Waals surface area contributed by atoms with Crippen molar-refractivity contribution in [3.8, 4) is 17.1 Å². The standard InChI is InChI=1S/C13H12F3N3O/c1-7-8(2)18-12(19-11(7)17)9-3-5-10(6-4-9)20-13(14,15)16/h3-6H,1-2H3,(H2,17,18,19). The lowest BCUT2D eigenvalue weighted by atomic mass is 10.2. The summed E-state index contributed by atoms with van der Waals surface area (Å²) in [5.74, 6) is 0.422. The van der Waals surface area contributed by atoms with Crippen LogP contribution in [0.3, 0.4) is 0 Å². The Balaban J connectivity index is 2.31. The van der Waals surface area contributed by atoms with E-state index in [4.69, 9.17) is 5.73 Å². The fourth-order valence-electron chi connectivity index (χ4n) is 1.59. The lowest BCUT2D eigenvalue weighted by Gasteiger charge is -2.10. The maximum absolute atomic E-state index is 12.1. The van der Waals surface area contributed by atoms with Crippen LogP contribution >= 0.6 is 0 Å². The van der Waals surface area contributed by atoms with Gasteiger partial charge in [-0.3, -0.25) is 0 Å². The van der Waals surface area contributed by atoms with Crippen LogP contribution in [0.25, 0.3) is 11.4 Å². The molecule has 0 aliphatic heterocycles. The van der Waals surface area contributed by atoms with Gasteiger partial charge in [0.2, 0.25) is 0 Å². The topological polar surface area (TPSA) is 61.0 Å². The van der Waals surface area contributed by atoms with Crippen LogP contribution in [0.2, 0.25) is 0 Å². The summed E-state index contributed by atoms with van der Waals surface area (Å²) in [6.45, 7) is 3.59. The zero-order valence-corrected chi connectivity index (χ0v) is 10.8. The monoisotopic (exact) mass is 283 g/mol. The van der Waals surface area contributed by atoms with Gasteiger partial charge >= 0.3 is 6.36 Å². The number of rotatable bonds is 2. The lowest BCUT2D eigenvalue weighted by Crippen LogP contribution is -2.16. The Kier molecular flexibility index (Phi) is 3.52. The van der Waals surface area contributed by atoms with Crippen molar-refractivity contribution in [1.82, 2.24) is 9.97 Å². The van der Waals surface area contributed by atoms with E-state index in [0.717, 1.165) is 11.3 Å². The van der Waals surface area contributed by atoms with Gasteiger partial charge in [-0.1, -0.05) is 0 Å². The molecular weight excluding hydrogens is 271 g/mol. The van der Waals surface area contributed by atoms with Crippen LogP contribution in [-0.4, -0.2) is 16.3 Å². The molecule has 0 saturated heterocycles. The summed E-state index contributed by atoms with van der Waals surface area (Å²) >= 11 is 0. The van der Waals surface area contributed by atoms with Gasteiger partial charge in [-0.25, -0.2) is 9.97 Å². The van der Waals surface area contributed by atoms with Crippen molar-refractivity contribution in [3.63, 3.8) is 0 Å². The van der Waals surface area contributed by atoms with Gasteiger partial charge in [-0.05, 0) is 38.1 Å². The molecule has 0 aliphatic carbocycles. The fourth-order valence-corrected chi connectivity index (χ4v) is 1.59. The van der Waals surface area contributed by atoms with Gasteiger partial charge in [-0.15, -0.1) is 13.2 Å². The molecular formula is C13H12F3N3O. The number of nitrogens with two attached hydrogens (primary N) is 1. The second kappa shape index (κ2) is 4.99. The van der Waals surface area contributed by atoms with Gasteiger partial charge < -0.3 is 10.5 Å². The van der Waals surface area contributed by atoms with E-state index in [-0.39, 0.29) is 5.75 Å². The molecule has 0 fully saturated rings. The number of aromatic nitrogens is 2. The highest BCUT2D eigenvalue weighted by atomic mass is 19.4. The number of ether oxygens (including phenoxy) is 1. The molecule has 0 radical (unpaired) electrons. The molecule has 0 unspecified atom stereocenters. The number of halogens is 3. The van der Waals surface area contributed by atoms with Crippen LogP contribution in [0.15, 0.2) is 24.3 Å². The predicted octanol–water partition coefficient (Wildman–Crippen LogP) is 3.24. The minimum Gasteiger partial charge on any atom is -0.406 e. The highest BCUT2D eigenvalue weighted by Crippen LogP contribution is 2.26. The number of aryl methyl sites for hydroxylation is 1. The minimum absolute atomic E-state index is 0.293. The molecule has 0 spiro atoms. The first-order valence-electron chi connectivity index (χ1n) is 5.73. The van der Waals surface area contributed by atoms with Crippen molar-refractivity contribution < 1.29 is 17.9 Å². The second-order valence-corrected chi connectivity index (χ2v) is 4.22. The number of hydrogen-bond donors (Lipinski definition) is 1. The van der Waals surface area contributed by atoms with Crippen LogP contribution in [-0.2, 0) is 0 Å². The minimum atomic E-state index is -4.71. The third-order valence-electron chi connectivity index (χ3n) is 2.77. The number of benzene rings is 1. The van der Waals surface area contributed by atoms with E-state index in [1.807, 2.05) is 0 Å². The van der Waals surface area contributed by atoms with Gasteiger partial charge in [0.1, 0.15) is 11.6 Å². The van der Waals surface area contributed by atoms with Crippen LogP contribution in [0, 0.1) is 13.8 Å². The van der Waals surface area contributed by atoms with Crippen molar-refractivity contribution in [2.45, 2.75) is 20.2 Å². The molecule has 0 atom stereocenters. The van der Waals surface area contributed by atoms with E-state index in [1.165, 1.54) is 24.3 Å². The first kappa shape index (κ1) is 14.1. The summed E-state index contributed by atoms with van der Waals surface area (Å²) in [5, 5.41) is 0. The third-order valence-corrected chi connectivity index (χ3v) is 2.77. The molecule has 0 saturated carbocycles. The van der Waals surface area contributed by atoms with E-state index >= 15 is 0 Å². The molecule has 7 heteroatoms. The van der Waals surface area contributed by atoms with Gasteiger partial charge in [0.05, 0.1) is 0 Å². The Morgan fingerprint density at radius 3 is 2.15 bits per heavy atom. The summed E-state index contributed by atoms with van der Waals surface area (Å²) in [6.07, 6.45) is -4.71. The van der Waals surface area contributed by atoms with Crippen molar-refractivity contribution in [3.05, 3.63) is 35.5 Å². The number of nitrogen functional groups attached to an aromatic ring is 1. The fraction of sp³-hybridized carbons (Fsp3) is 0.231. The summed E-state index contributed by atoms with van der Waals surface area (Å²) < 4.78 is 39.9. The van der Waals surface area contributed by atoms with E-state index in [1.54, 1.807) is 13.8 Å². The SMILES string of the molecule is Cc1nc(-c2ccc(OC(F)(F)F)cc2)nc(N)c1C. The Labute approximate surface area is 113 Å². The lowest BCUT2D eigenvalue weighted by molar-refractivity contribution is -0.274. The van der Waals surface area contributed by atoms with E-state index in [0.29, 0.717) is 17.2 Å². The zero-order chi connectivity index (χ0) is 14.9. The molecule has 2 aromatic rings. The molecule has 4 nitrogen and oxygen atoms in total. The average Bonchev–Trinajstić information content (AvgIpc) is 2.34. The van der Waals surface area contributed by atoms with Crippen LogP contribution in [0.4, 0.5) is 19.0 Å². The van der Waals surface area contributed by atoms with E-state index in [9.17, 15) is 13.2 Å². The predicted molar refractivity (Wildman–Crippen MR) is 68.0 cm³/mol. The number of hydrogen-bond acceptors (Lipinski definition) is 4. The third kappa shape index (κ3) is 3.17. The molecule has 106 valence electrons. The molecule has 20 heavy (non-hydrogen) atoms. The summed E-state index contributed by atoms with van der Waals surface area (Å²) in [6, 6.07) is 5.31. The van der Waals surface area contributed by atoms with E-state index < -0.39 is 6.36 Å². The van der Waals surface area contributed by atoms with Crippen LogP contribution in [0.1, 0.15) is 11.3 Å². The Morgan fingerprint density at radius 2 is 1.65 bits per heavy atom. The molecule has 1 heterocycles. The Hall–Kier alpha value is -2.31. The molecule has 2 rings (SSSR count). The zero-order valence-electron chi connectivity index (χ0n) is 10.8. The van der Waals surface area contributed by atoms with Crippen molar-refractivity contribution in [2.24, 2.45) is 0 Å². The quantitative estimate of drug-likeness (QED) is 0.919. The van der Waals surface area contributed by atoms with Gasteiger partial charge in [0, 0.05) is 16.8 Å². The first-order valence-corrected chi connectivity index (χ1v) is 5.73. The van der Waals surface area contributed by atoms with Gasteiger partial charge in [0.25, 0.3) is 0 Å². The summed E-state index contributed by atoms with van der Waals surface area (Å²) in [7, 11) is 0. The largest absolute Gasteiger partial charge is 0.573 e. The summed E-state index contributed by atoms with van der Waals surface area (Å²) in [5.41, 5.74) is 7.82. The Morgan fingerprint density at radius 1 is 1.05 bits per heavy atom. The maximum atomic E-state index is 12.1. The summed E-state index contributed by atoms with van der Waals surface area (Å²) in [4.78, 5) is 8.37. The molecule has 0 bridgehead atoms. The van der Waals surface area contributed by atoms with Crippen molar-refractivity contribution in [2.75, 3.05) is 5.73 Å². The van der Waals surface area contributed by atoms with Crippen molar-refractivity contribution >= 4 is 5.82 Å². The van der Waals surface area contributed by atoms with Gasteiger partial charge in [-0.2, -0.15) is 0 Å². The second-order valence-electron chi connectivity index (χ2n) is 4.22. The Bertz CT molecular complexity index is 601. The van der Waals surface area contributed by atoms with Crippen LogP contribution in [0.5, 0.6) is 5.75 Å². The van der Waals surface area contributed by atoms with Gasteiger partial charge in [0.15, 0.2) is 5.82 Å². The highest BCUT2D eigenvalue weighted by Gasteiger charge is 2.30. The smallest absolute Gasteiger partial charge is 0.406 e. The number of anilines is 1. The first-order chi connectivity index (χ1) is 9.26. The molecule has 1 aromatic heterocycles. The molecule has 0 amide bonds.